The summed E-state index contributed by atoms with van der Waals surface area (Å²) < 4.78 is 0. The fraction of sp³-hybridized carbons (Fsp3) is 0.222. The lowest BCUT2D eigenvalue weighted by molar-refractivity contribution is -0.138. The van der Waals surface area contributed by atoms with E-state index in [1.165, 1.54) is 0 Å². The molecule has 1 unspecified atom stereocenters. The summed E-state index contributed by atoms with van der Waals surface area (Å²) >= 11 is 0. The van der Waals surface area contributed by atoms with E-state index in [9.17, 15) is 4.79 Å². The Morgan fingerprint density at radius 2 is 1.92 bits per heavy atom. The number of hydrogen-bond acceptors (Lipinski definition) is 2. The summed E-state index contributed by atoms with van der Waals surface area (Å²) in [6.07, 6.45) is 0.385. The lowest BCUT2D eigenvalue weighted by Crippen LogP contribution is -2.32. The predicted molar refractivity (Wildman–Crippen MR) is 56.1 cm³/mol. The monoisotopic (exact) mass is 245 g/mol. The van der Waals surface area contributed by atoms with Crippen molar-refractivity contribution in [2.24, 2.45) is 5.73 Å². The Balaban J connectivity index is 0.00000144. The van der Waals surface area contributed by atoms with Crippen molar-refractivity contribution < 1.29 is 9.90 Å². The van der Waals surface area contributed by atoms with Gasteiger partial charge in [-0.2, -0.15) is 0 Å². The van der Waals surface area contributed by atoms with E-state index < -0.39 is 12.0 Å². The number of rotatable bonds is 3. The number of carboxylic acid groups (broad SMARTS) is 1. The first-order valence-electron chi connectivity index (χ1n) is 3.72. The fourth-order valence-electron chi connectivity index (χ4n) is 0.955. The topological polar surface area (TPSA) is 63.3 Å². The summed E-state index contributed by atoms with van der Waals surface area (Å²) in [6.45, 7) is 0. The van der Waals surface area contributed by atoms with Crippen molar-refractivity contribution in [3.8, 4) is 0 Å². The highest BCUT2D eigenvalue weighted by Crippen LogP contribution is 2.01. The molecule has 3 nitrogen and oxygen atoms in total. The summed E-state index contributed by atoms with van der Waals surface area (Å²) in [5.41, 5.74) is 6.30. The molecule has 0 fully saturated rings. The van der Waals surface area contributed by atoms with Crippen molar-refractivity contribution in [1.29, 1.82) is 0 Å². The Labute approximate surface area is 87.3 Å². The SMILES string of the molecule is Br.NC(Cc1ccccc1)C(=O)O. The normalized spacial score (nSPS) is 11.5. The summed E-state index contributed by atoms with van der Waals surface area (Å²) in [6, 6.07) is 8.54. The molecular weight excluding hydrogens is 234 g/mol. The zero-order valence-electron chi connectivity index (χ0n) is 7.01. The Bertz CT molecular complexity index is 264. The molecule has 4 heteroatoms. The standard InChI is InChI=1S/C9H11NO2.BrH/c10-8(9(11)12)6-7-4-2-1-3-5-7;/h1-5,8H,6,10H2,(H,11,12);1H. The van der Waals surface area contributed by atoms with Crippen LogP contribution in [-0.4, -0.2) is 17.1 Å². The first-order chi connectivity index (χ1) is 5.70. The van der Waals surface area contributed by atoms with Crippen LogP contribution in [0.5, 0.6) is 0 Å². The van der Waals surface area contributed by atoms with Crippen molar-refractivity contribution >= 4 is 23.0 Å². The van der Waals surface area contributed by atoms with Gasteiger partial charge in [0, 0.05) is 0 Å². The van der Waals surface area contributed by atoms with Gasteiger partial charge in [0.2, 0.25) is 0 Å². The Morgan fingerprint density at radius 3 is 2.38 bits per heavy atom. The van der Waals surface area contributed by atoms with Crippen LogP contribution < -0.4 is 5.73 Å². The highest BCUT2D eigenvalue weighted by atomic mass is 79.9. The second-order valence-electron chi connectivity index (χ2n) is 2.63. The van der Waals surface area contributed by atoms with E-state index in [1.54, 1.807) is 0 Å². The number of hydrogen-bond donors (Lipinski definition) is 2. The van der Waals surface area contributed by atoms with E-state index in [-0.39, 0.29) is 17.0 Å². The maximum atomic E-state index is 10.4. The maximum Gasteiger partial charge on any atom is 0.320 e. The van der Waals surface area contributed by atoms with Crippen molar-refractivity contribution in [1.82, 2.24) is 0 Å². The second-order valence-corrected chi connectivity index (χ2v) is 2.63. The van der Waals surface area contributed by atoms with Crippen molar-refractivity contribution in [3.05, 3.63) is 35.9 Å². The molecule has 0 radical (unpaired) electrons. The zero-order chi connectivity index (χ0) is 8.97. The van der Waals surface area contributed by atoms with Gasteiger partial charge >= 0.3 is 5.97 Å². The zero-order valence-corrected chi connectivity index (χ0v) is 8.73. The largest absolute Gasteiger partial charge is 0.480 e. The van der Waals surface area contributed by atoms with Gasteiger partial charge in [0.25, 0.3) is 0 Å². The minimum Gasteiger partial charge on any atom is -0.480 e. The van der Waals surface area contributed by atoms with Crippen LogP contribution in [0.3, 0.4) is 0 Å². The van der Waals surface area contributed by atoms with Gasteiger partial charge in [-0.05, 0) is 12.0 Å². The molecule has 0 aliphatic carbocycles. The number of carbonyl (C=O) groups is 1. The van der Waals surface area contributed by atoms with Gasteiger partial charge in [-0.1, -0.05) is 30.3 Å². The highest BCUT2D eigenvalue weighted by Gasteiger charge is 2.10. The average Bonchev–Trinajstić information content (AvgIpc) is 2.06. The van der Waals surface area contributed by atoms with Crippen LogP contribution in [0, 0.1) is 0 Å². The van der Waals surface area contributed by atoms with Gasteiger partial charge in [0.1, 0.15) is 6.04 Å². The molecule has 1 aromatic carbocycles. The lowest BCUT2D eigenvalue weighted by atomic mass is 10.1. The van der Waals surface area contributed by atoms with Crippen molar-refractivity contribution in [2.45, 2.75) is 12.5 Å². The first kappa shape index (κ1) is 12.1. The molecule has 0 aromatic heterocycles. The molecule has 1 rings (SSSR count). The van der Waals surface area contributed by atoms with Crippen molar-refractivity contribution in [3.63, 3.8) is 0 Å². The molecule has 0 saturated heterocycles. The van der Waals surface area contributed by atoms with E-state index in [2.05, 4.69) is 0 Å². The van der Waals surface area contributed by atoms with Crippen LogP contribution in [0.1, 0.15) is 5.56 Å². The van der Waals surface area contributed by atoms with Crippen LogP contribution >= 0.6 is 17.0 Å². The summed E-state index contributed by atoms with van der Waals surface area (Å²) in [5.74, 6) is -0.959. The molecule has 0 aliphatic heterocycles. The molecule has 0 heterocycles. The Morgan fingerprint density at radius 1 is 1.38 bits per heavy atom. The van der Waals surface area contributed by atoms with Crippen LogP contribution in [0.4, 0.5) is 0 Å². The molecule has 13 heavy (non-hydrogen) atoms. The highest BCUT2D eigenvalue weighted by molar-refractivity contribution is 8.93. The Hall–Kier alpha value is -0.870. The van der Waals surface area contributed by atoms with Crippen LogP contribution in [-0.2, 0) is 11.2 Å². The van der Waals surface area contributed by atoms with Gasteiger partial charge in [-0.15, -0.1) is 17.0 Å². The molecule has 1 aromatic rings. The van der Waals surface area contributed by atoms with E-state index in [0.29, 0.717) is 6.42 Å². The summed E-state index contributed by atoms with van der Waals surface area (Å²) in [4.78, 5) is 10.4. The molecule has 0 amide bonds. The van der Waals surface area contributed by atoms with Crippen LogP contribution in [0.2, 0.25) is 0 Å². The van der Waals surface area contributed by atoms with Gasteiger partial charge in [0.05, 0.1) is 0 Å². The van der Waals surface area contributed by atoms with Crippen LogP contribution in [0.15, 0.2) is 30.3 Å². The molecule has 0 saturated carbocycles. The minimum absolute atomic E-state index is 0. The smallest absolute Gasteiger partial charge is 0.320 e. The number of aliphatic carboxylic acids is 1. The second kappa shape index (κ2) is 5.72. The summed E-state index contributed by atoms with van der Waals surface area (Å²) in [7, 11) is 0. The molecule has 72 valence electrons. The minimum atomic E-state index is -0.959. The van der Waals surface area contributed by atoms with Crippen LogP contribution in [0.25, 0.3) is 0 Å². The molecule has 0 bridgehead atoms. The third-order valence-corrected chi connectivity index (χ3v) is 1.62. The number of carboxylic acids is 1. The predicted octanol–water partition coefficient (Wildman–Crippen LogP) is 1.22. The lowest BCUT2D eigenvalue weighted by Gasteiger charge is -2.04. The maximum absolute atomic E-state index is 10.4. The van der Waals surface area contributed by atoms with E-state index >= 15 is 0 Å². The average molecular weight is 246 g/mol. The molecular formula is C9H12BrNO2. The van der Waals surface area contributed by atoms with E-state index in [0.717, 1.165) is 5.56 Å². The third-order valence-electron chi connectivity index (χ3n) is 1.62. The van der Waals surface area contributed by atoms with E-state index in [4.69, 9.17) is 10.8 Å². The van der Waals surface area contributed by atoms with Crippen molar-refractivity contribution in [2.75, 3.05) is 0 Å². The Kier molecular flexibility index (Phi) is 5.34. The van der Waals surface area contributed by atoms with E-state index in [1.807, 2.05) is 30.3 Å². The van der Waals surface area contributed by atoms with Gasteiger partial charge in [-0.3, -0.25) is 4.79 Å². The first-order valence-corrected chi connectivity index (χ1v) is 3.72. The third kappa shape index (κ3) is 4.05. The molecule has 3 N–H and O–H groups in total. The number of benzene rings is 1. The molecule has 1 atom stereocenters. The van der Waals surface area contributed by atoms with Gasteiger partial charge in [-0.25, -0.2) is 0 Å². The number of nitrogens with two attached hydrogens (primary N) is 1. The fourth-order valence-corrected chi connectivity index (χ4v) is 0.955. The van der Waals surface area contributed by atoms with Gasteiger partial charge in [0.15, 0.2) is 0 Å². The molecule has 0 spiro atoms. The number of halogens is 1. The quantitative estimate of drug-likeness (QED) is 0.842. The molecule has 0 aliphatic rings. The summed E-state index contributed by atoms with van der Waals surface area (Å²) in [5, 5.41) is 8.52. The van der Waals surface area contributed by atoms with Gasteiger partial charge < -0.3 is 10.8 Å².